The van der Waals surface area contributed by atoms with Crippen LogP contribution in [0.1, 0.15) is 18.1 Å². The van der Waals surface area contributed by atoms with Gasteiger partial charge in [0.25, 0.3) is 0 Å². The summed E-state index contributed by atoms with van der Waals surface area (Å²) in [6.07, 6.45) is 2.40. The SMILES string of the molecule is CCc1ccc(Oc2ncnc(NCc3ccc4c(c3)OCO4)c2N)cc1. The van der Waals surface area contributed by atoms with Gasteiger partial charge in [-0.05, 0) is 41.8 Å². The molecule has 0 saturated carbocycles. The van der Waals surface area contributed by atoms with Crippen molar-refractivity contribution < 1.29 is 14.2 Å². The Labute approximate surface area is 157 Å². The second-order valence-corrected chi connectivity index (χ2v) is 6.08. The molecular formula is C20H20N4O3. The van der Waals surface area contributed by atoms with E-state index in [0.717, 1.165) is 23.5 Å². The van der Waals surface area contributed by atoms with Gasteiger partial charge in [-0.3, -0.25) is 0 Å². The Morgan fingerprint density at radius 3 is 2.63 bits per heavy atom. The molecule has 3 N–H and O–H groups in total. The zero-order valence-electron chi connectivity index (χ0n) is 14.9. The van der Waals surface area contributed by atoms with Crippen molar-refractivity contribution in [3.05, 3.63) is 59.9 Å². The summed E-state index contributed by atoms with van der Waals surface area (Å²) in [5.41, 5.74) is 8.81. The van der Waals surface area contributed by atoms with Gasteiger partial charge in [0.05, 0.1) is 0 Å². The predicted octanol–water partition coefficient (Wildman–Crippen LogP) is 3.75. The largest absolute Gasteiger partial charge is 0.454 e. The van der Waals surface area contributed by atoms with Gasteiger partial charge < -0.3 is 25.3 Å². The van der Waals surface area contributed by atoms with Crippen LogP contribution >= 0.6 is 0 Å². The van der Waals surface area contributed by atoms with Gasteiger partial charge in [-0.1, -0.05) is 25.1 Å². The van der Waals surface area contributed by atoms with Crippen LogP contribution in [0.15, 0.2) is 48.8 Å². The van der Waals surface area contributed by atoms with Gasteiger partial charge in [-0.2, -0.15) is 4.98 Å². The lowest BCUT2D eigenvalue weighted by molar-refractivity contribution is 0.174. The van der Waals surface area contributed by atoms with Crippen LogP contribution in [0, 0.1) is 0 Å². The number of nitrogens with zero attached hydrogens (tertiary/aromatic N) is 2. The van der Waals surface area contributed by atoms with E-state index in [0.29, 0.717) is 29.7 Å². The molecule has 0 amide bonds. The third-order valence-corrected chi connectivity index (χ3v) is 4.29. The maximum atomic E-state index is 6.18. The number of hydrogen-bond acceptors (Lipinski definition) is 7. The summed E-state index contributed by atoms with van der Waals surface area (Å²) >= 11 is 0. The molecule has 0 fully saturated rings. The van der Waals surface area contributed by atoms with Crippen LogP contribution in [-0.2, 0) is 13.0 Å². The predicted molar refractivity (Wildman–Crippen MR) is 102 cm³/mol. The number of aromatic nitrogens is 2. The first-order valence-corrected chi connectivity index (χ1v) is 8.72. The van der Waals surface area contributed by atoms with Gasteiger partial charge in [0, 0.05) is 6.54 Å². The minimum Gasteiger partial charge on any atom is -0.454 e. The van der Waals surface area contributed by atoms with Crippen LogP contribution in [0.2, 0.25) is 0 Å². The van der Waals surface area contributed by atoms with E-state index in [1.165, 1.54) is 11.9 Å². The molecular weight excluding hydrogens is 344 g/mol. The molecule has 138 valence electrons. The van der Waals surface area contributed by atoms with Crippen molar-refractivity contribution in [1.82, 2.24) is 9.97 Å². The van der Waals surface area contributed by atoms with E-state index in [1.54, 1.807) is 0 Å². The maximum Gasteiger partial charge on any atom is 0.248 e. The highest BCUT2D eigenvalue weighted by molar-refractivity contribution is 5.67. The van der Waals surface area contributed by atoms with Crippen LogP contribution < -0.4 is 25.3 Å². The molecule has 1 aliphatic heterocycles. The number of nitrogens with one attached hydrogen (secondary N) is 1. The Hall–Kier alpha value is -3.48. The number of ether oxygens (including phenoxy) is 3. The number of nitrogen functional groups attached to an aromatic ring is 1. The van der Waals surface area contributed by atoms with Crippen molar-refractivity contribution >= 4 is 11.5 Å². The zero-order chi connectivity index (χ0) is 18.6. The van der Waals surface area contributed by atoms with E-state index < -0.39 is 0 Å². The number of aryl methyl sites for hydroxylation is 1. The van der Waals surface area contributed by atoms with E-state index in [9.17, 15) is 0 Å². The first-order chi connectivity index (χ1) is 13.2. The summed E-state index contributed by atoms with van der Waals surface area (Å²) in [7, 11) is 0. The van der Waals surface area contributed by atoms with E-state index in [1.807, 2.05) is 42.5 Å². The lowest BCUT2D eigenvalue weighted by atomic mass is 10.2. The summed E-state index contributed by atoms with van der Waals surface area (Å²) in [4.78, 5) is 8.36. The van der Waals surface area contributed by atoms with E-state index in [4.69, 9.17) is 19.9 Å². The van der Waals surface area contributed by atoms with Crippen molar-refractivity contribution in [2.24, 2.45) is 0 Å². The molecule has 0 spiro atoms. The van der Waals surface area contributed by atoms with E-state index >= 15 is 0 Å². The Bertz CT molecular complexity index is 944. The van der Waals surface area contributed by atoms with Gasteiger partial charge >= 0.3 is 0 Å². The number of anilines is 2. The standard InChI is InChI=1S/C20H20N4O3/c1-2-13-3-6-15(7-4-13)27-20-18(21)19(23-11-24-20)22-10-14-5-8-16-17(9-14)26-12-25-16/h3-9,11H,2,10,12,21H2,1H3,(H,22,23,24). The van der Waals surface area contributed by atoms with Gasteiger partial charge in [0.1, 0.15) is 17.8 Å². The molecule has 1 aromatic heterocycles. The topological polar surface area (TPSA) is 91.5 Å². The number of rotatable bonds is 6. The fourth-order valence-electron chi connectivity index (χ4n) is 2.74. The lowest BCUT2D eigenvalue weighted by Crippen LogP contribution is -2.06. The maximum absolute atomic E-state index is 6.18. The summed E-state index contributed by atoms with van der Waals surface area (Å²) in [6.45, 7) is 2.89. The molecule has 2 heterocycles. The molecule has 0 atom stereocenters. The molecule has 2 aromatic carbocycles. The average Bonchev–Trinajstić information content (AvgIpc) is 3.17. The van der Waals surface area contributed by atoms with Crippen molar-refractivity contribution in [1.29, 1.82) is 0 Å². The van der Waals surface area contributed by atoms with Crippen molar-refractivity contribution in [2.45, 2.75) is 19.9 Å². The quantitative estimate of drug-likeness (QED) is 0.688. The fraction of sp³-hybridized carbons (Fsp3) is 0.200. The fourth-order valence-corrected chi connectivity index (χ4v) is 2.74. The van der Waals surface area contributed by atoms with Crippen LogP contribution in [-0.4, -0.2) is 16.8 Å². The molecule has 0 aliphatic carbocycles. The average molecular weight is 364 g/mol. The van der Waals surface area contributed by atoms with Gasteiger partial charge in [0.2, 0.25) is 12.7 Å². The monoisotopic (exact) mass is 364 g/mol. The van der Waals surface area contributed by atoms with Crippen LogP contribution in [0.4, 0.5) is 11.5 Å². The molecule has 1 aliphatic rings. The van der Waals surface area contributed by atoms with Crippen molar-refractivity contribution in [3.8, 4) is 23.1 Å². The highest BCUT2D eigenvalue weighted by Crippen LogP contribution is 2.33. The third kappa shape index (κ3) is 3.72. The molecule has 7 nitrogen and oxygen atoms in total. The number of hydrogen-bond donors (Lipinski definition) is 2. The molecule has 0 bridgehead atoms. The van der Waals surface area contributed by atoms with Crippen LogP contribution in [0.3, 0.4) is 0 Å². The van der Waals surface area contributed by atoms with Crippen LogP contribution in [0.5, 0.6) is 23.1 Å². The van der Waals surface area contributed by atoms with Gasteiger partial charge in [-0.15, -0.1) is 0 Å². The minimum absolute atomic E-state index is 0.255. The van der Waals surface area contributed by atoms with Crippen molar-refractivity contribution in [2.75, 3.05) is 17.8 Å². The number of benzene rings is 2. The second kappa shape index (κ2) is 7.41. The summed E-state index contributed by atoms with van der Waals surface area (Å²) in [6, 6.07) is 13.6. The van der Waals surface area contributed by atoms with E-state index in [2.05, 4.69) is 22.2 Å². The molecule has 0 radical (unpaired) electrons. The Kier molecular flexibility index (Phi) is 4.65. The zero-order valence-corrected chi connectivity index (χ0v) is 14.9. The number of fused-ring (bicyclic) bond motifs is 1. The van der Waals surface area contributed by atoms with Crippen LogP contribution in [0.25, 0.3) is 0 Å². The summed E-state index contributed by atoms with van der Waals surface area (Å²) in [5.74, 6) is 3.01. The molecule has 3 aromatic rings. The lowest BCUT2D eigenvalue weighted by Gasteiger charge is -2.12. The third-order valence-electron chi connectivity index (χ3n) is 4.29. The highest BCUT2D eigenvalue weighted by Gasteiger charge is 2.14. The first-order valence-electron chi connectivity index (χ1n) is 8.72. The number of nitrogens with two attached hydrogens (primary N) is 1. The molecule has 7 heteroatoms. The molecule has 0 unspecified atom stereocenters. The van der Waals surface area contributed by atoms with Gasteiger partial charge in [0.15, 0.2) is 17.3 Å². The Balaban J connectivity index is 1.46. The normalized spacial score (nSPS) is 12.0. The first kappa shape index (κ1) is 17.0. The van der Waals surface area contributed by atoms with Crippen molar-refractivity contribution in [3.63, 3.8) is 0 Å². The molecule has 27 heavy (non-hydrogen) atoms. The highest BCUT2D eigenvalue weighted by atomic mass is 16.7. The molecule has 4 rings (SSSR count). The second-order valence-electron chi connectivity index (χ2n) is 6.08. The summed E-state index contributed by atoms with van der Waals surface area (Å²) in [5, 5.41) is 3.21. The minimum atomic E-state index is 0.255. The summed E-state index contributed by atoms with van der Waals surface area (Å²) < 4.78 is 16.5. The molecule has 0 saturated heterocycles. The Morgan fingerprint density at radius 1 is 1.04 bits per heavy atom. The Morgan fingerprint density at radius 2 is 1.81 bits per heavy atom. The smallest absolute Gasteiger partial charge is 0.248 e. The van der Waals surface area contributed by atoms with E-state index in [-0.39, 0.29) is 6.79 Å². The van der Waals surface area contributed by atoms with Gasteiger partial charge in [-0.25, -0.2) is 4.98 Å².